The van der Waals surface area contributed by atoms with E-state index in [1.54, 1.807) is 7.11 Å². The molecule has 0 aromatic heterocycles. The Morgan fingerprint density at radius 3 is 2.27 bits per heavy atom. The van der Waals surface area contributed by atoms with Crippen LogP contribution < -0.4 is 0 Å². The minimum atomic E-state index is -0.702. The van der Waals surface area contributed by atoms with Crippen molar-refractivity contribution in [3.8, 4) is 0 Å². The quantitative estimate of drug-likeness (QED) is 0.381. The van der Waals surface area contributed by atoms with E-state index in [9.17, 15) is 0 Å². The van der Waals surface area contributed by atoms with Crippen LogP contribution >= 0.6 is 0 Å². The molecule has 1 aliphatic rings. The van der Waals surface area contributed by atoms with Crippen LogP contribution in [0.1, 0.15) is 32.6 Å². The average Bonchev–Trinajstić information content (AvgIpc) is 2.07. The fourth-order valence-corrected chi connectivity index (χ4v) is 1.53. The molecule has 0 saturated heterocycles. The van der Waals surface area contributed by atoms with Gasteiger partial charge in [0.25, 0.3) is 0 Å². The molecule has 1 saturated carbocycles. The Balaban J connectivity index is 2.45. The third-order valence-corrected chi connectivity index (χ3v) is 2.57. The summed E-state index contributed by atoms with van der Waals surface area (Å²) in [5.41, 5.74) is 0. The Hall–Kier alpha value is -0.120. The van der Waals surface area contributed by atoms with Gasteiger partial charge in [-0.2, -0.15) is 0 Å². The molecule has 0 unspecified atom stereocenters. The van der Waals surface area contributed by atoms with Gasteiger partial charge in [0.05, 0.1) is 0 Å². The van der Waals surface area contributed by atoms with Crippen LogP contribution in [0.5, 0.6) is 0 Å². The van der Waals surface area contributed by atoms with Gasteiger partial charge in [0.2, 0.25) is 5.79 Å². The predicted octanol–water partition coefficient (Wildman–Crippen LogP) is 2.03. The molecule has 66 valence electrons. The van der Waals surface area contributed by atoms with E-state index in [-0.39, 0.29) is 0 Å². The summed E-state index contributed by atoms with van der Waals surface area (Å²) in [4.78, 5) is 4.35. The first-order valence-electron chi connectivity index (χ1n) is 4.10. The zero-order valence-electron chi connectivity index (χ0n) is 7.17. The summed E-state index contributed by atoms with van der Waals surface area (Å²) in [7, 11) is 1.58. The van der Waals surface area contributed by atoms with Gasteiger partial charge in [-0.1, -0.05) is 6.92 Å². The van der Waals surface area contributed by atoms with Crippen LogP contribution in [-0.4, -0.2) is 18.2 Å². The maximum absolute atomic E-state index is 8.60. The van der Waals surface area contributed by atoms with Crippen molar-refractivity contribution in [3.05, 3.63) is 0 Å². The summed E-state index contributed by atoms with van der Waals surface area (Å²) < 4.78 is 5.10. The molecule has 0 bridgehead atoms. The van der Waals surface area contributed by atoms with Crippen molar-refractivity contribution in [2.24, 2.45) is 5.92 Å². The molecule has 1 rings (SSSR count). The second kappa shape index (κ2) is 3.52. The van der Waals surface area contributed by atoms with Crippen LogP contribution in [0.25, 0.3) is 0 Å². The summed E-state index contributed by atoms with van der Waals surface area (Å²) in [6.07, 6.45) is 3.71. The summed E-state index contributed by atoms with van der Waals surface area (Å²) in [5, 5.41) is 8.60. The maximum Gasteiger partial charge on any atom is 0.201 e. The van der Waals surface area contributed by atoms with Crippen molar-refractivity contribution < 1.29 is 14.9 Å². The Bertz CT molecular complexity index is 111. The lowest BCUT2D eigenvalue weighted by Gasteiger charge is -2.34. The number of hydrogen-bond donors (Lipinski definition) is 1. The van der Waals surface area contributed by atoms with Crippen LogP contribution in [0.3, 0.4) is 0 Å². The highest BCUT2D eigenvalue weighted by Crippen LogP contribution is 2.34. The molecule has 11 heavy (non-hydrogen) atoms. The summed E-state index contributed by atoms with van der Waals surface area (Å²) in [6.45, 7) is 2.21. The predicted molar refractivity (Wildman–Crippen MR) is 41.1 cm³/mol. The largest absolute Gasteiger partial charge is 0.351 e. The monoisotopic (exact) mass is 160 g/mol. The van der Waals surface area contributed by atoms with Gasteiger partial charge in [-0.3, -0.25) is 0 Å². The van der Waals surface area contributed by atoms with Crippen molar-refractivity contribution in [1.82, 2.24) is 0 Å². The van der Waals surface area contributed by atoms with Crippen LogP contribution in [-0.2, 0) is 9.62 Å². The van der Waals surface area contributed by atoms with E-state index >= 15 is 0 Å². The fraction of sp³-hybridized carbons (Fsp3) is 1.00. The highest BCUT2D eigenvalue weighted by Gasteiger charge is 2.35. The van der Waals surface area contributed by atoms with E-state index in [1.165, 1.54) is 0 Å². The van der Waals surface area contributed by atoms with Gasteiger partial charge >= 0.3 is 0 Å². The lowest BCUT2D eigenvalue weighted by Crippen LogP contribution is -2.37. The van der Waals surface area contributed by atoms with E-state index in [0.29, 0.717) is 0 Å². The summed E-state index contributed by atoms with van der Waals surface area (Å²) >= 11 is 0. The minimum Gasteiger partial charge on any atom is -0.351 e. The van der Waals surface area contributed by atoms with Crippen LogP contribution in [0.2, 0.25) is 0 Å². The van der Waals surface area contributed by atoms with E-state index in [1.807, 2.05) is 0 Å². The second-order valence-corrected chi connectivity index (χ2v) is 3.39. The molecule has 0 heterocycles. The SMILES string of the molecule is COC1(OO)CCC(C)CC1. The van der Waals surface area contributed by atoms with Crippen molar-refractivity contribution >= 4 is 0 Å². The van der Waals surface area contributed by atoms with Crippen molar-refractivity contribution in [1.29, 1.82) is 0 Å². The maximum atomic E-state index is 8.60. The van der Waals surface area contributed by atoms with E-state index in [4.69, 9.17) is 9.99 Å². The highest BCUT2D eigenvalue weighted by atomic mass is 17.1. The van der Waals surface area contributed by atoms with E-state index < -0.39 is 5.79 Å². The summed E-state index contributed by atoms with van der Waals surface area (Å²) in [6, 6.07) is 0. The van der Waals surface area contributed by atoms with Crippen molar-refractivity contribution in [3.63, 3.8) is 0 Å². The van der Waals surface area contributed by atoms with Crippen LogP contribution in [0.15, 0.2) is 0 Å². The van der Waals surface area contributed by atoms with Gasteiger partial charge < -0.3 is 4.74 Å². The molecular weight excluding hydrogens is 144 g/mol. The molecule has 0 aromatic rings. The molecular formula is C8H16O3. The lowest BCUT2D eigenvalue weighted by atomic mass is 9.86. The third kappa shape index (κ3) is 1.92. The molecule has 1 aliphatic carbocycles. The molecule has 1 N–H and O–H groups in total. The molecule has 0 aliphatic heterocycles. The lowest BCUT2D eigenvalue weighted by molar-refractivity contribution is -0.407. The first-order chi connectivity index (χ1) is 5.22. The zero-order chi connectivity index (χ0) is 8.32. The molecule has 1 fully saturated rings. The molecule has 3 nitrogen and oxygen atoms in total. The molecule has 0 radical (unpaired) electrons. The molecule has 0 atom stereocenters. The standard InChI is InChI=1S/C8H16O3/c1-7-3-5-8(10-2,11-9)6-4-7/h7,9H,3-6H2,1-2H3. The van der Waals surface area contributed by atoms with Gasteiger partial charge in [-0.25, -0.2) is 10.1 Å². The minimum absolute atomic E-state index is 0.702. The van der Waals surface area contributed by atoms with Gasteiger partial charge in [-0.15, -0.1) is 0 Å². The Labute approximate surface area is 67.2 Å². The number of rotatable bonds is 2. The fourth-order valence-electron chi connectivity index (χ4n) is 1.53. The van der Waals surface area contributed by atoms with Gasteiger partial charge in [-0.05, 0) is 18.8 Å². The second-order valence-electron chi connectivity index (χ2n) is 3.39. The van der Waals surface area contributed by atoms with Crippen molar-refractivity contribution in [2.45, 2.75) is 38.4 Å². The van der Waals surface area contributed by atoms with E-state index in [0.717, 1.165) is 31.6 Å². The Kier molecular flexibility index (Phi) is 2.87. The topological polar surface area (TPSA) is 38.7 Å². The summed E-state index contributed by atoms with van der Waals surface area (Å²) in [5.74, 6) is 0.0281. The molecule has 3 heteroatoms. The normalized spacial score (nSPS) is 39.0. The molecule has 0 aromatic carbocycles. The highest BCUT2D eigenvalue weighted by molar-refractivity contribution is 4.76. The first kappa shape index (κ1) is 8.97. The first-order valence-corrected chi connectivity index (χ1v) is 4.10. The number of methoxy groups -OCH3 is 1. The van der Waals surface area contributed by atoms with Crippen molar-refractivity contribution in [2.75, 3.05) is 7.11 Å². The number of hydrogen-bond acceptors (Lipinski definition) is 3. The Morgan fingerprint density at radius 1 is 1.36 bits per heavy atom. The molecule has 0 spiro atoms. The zero-order valence-corrected chi connectivity index (χ0v) is 7.17. The smallest absolute Gasteiger partial charge is 0.201 e. The molecule has 0 amide bonds. The van der Waals surface area contributed by atoms with Crippen LogP contribution in [0.4, 0.5) is 0 Å². The third-order valence-electron chi connectivity index (χ3n) is 2.57. The average molecular weight is 160 g/mol. The Morgan fingerprint density at radius 2 is 1.91 bits per heavy atom. The van der Waals surface area contributed by atoms with Gasteiger partial charge in [0, 0.05) is 20.0 Å². The van der Waals surface area contributed by atoms with Gasteiger partial charge in [0.15, 0.2) is 0 Å². The van der Waals surface area contributed by atoms with Gasteiger partial charge in [0.1, 0.15) is 0 Å². The van der Waals surface area contributed by atoms with E-state index in [2.05, 4.69) is 11.8 Å². The number of ether oxygens (including phenoxy) is 1. The van der Waals surface area contributed by atoms with Crippen LogP contribution in [0, 0.1) is 5.92 Å².